The SMILES string of the molecule is CCCC(=O)OC1CCCC(C2CCC(CCC)CC2)C1. The van der Waals surface area contributed by atoms with Gasteiger partial charge in [-0.2, -0.15) is 0 Å². The lowest BCUT2D eigenvalue weighted by Gasteiger charge is -2.38. The first-order chi connectivity index (χ1) is 10.2. The van der Waals surface area contributed by atoms with Crippen molar-refractivity contribution in [1.29, 1.82) is 0 Å². The highest BCUT2D eigenvalue weighted by Crippen LogP contribution is 2.41. The zero-order valence-electron chi connectivity index (χ0n) is 14.1. The van der Waals surface area contributed by atoms with Gasteiger partial charge in [0.25, 0.3) is 0 Å². The second-order valence-electron chi connectivity index (χ2n) is 7.36. The third-order valence-corrected chi connectivity index (χ3v) is 5.67. The largest absolute Gasteiger partial charge is 0.462 e. The highest BCUT2D eigenvalue weighted by Gasteiger charge is 2.32. The van der Waals surface area contributed by atoms with Crippen LogP contribution in [0.5, 0.6) is 0 Å². The van der Waals surface area contributed by atoms with E-state index in [9.17, 15) is 4.79 Å². The predicted molar refractivity (Wildman–Crippen MR) is 87.1 cm³/mol. The van der Waals surface area contributed by atoms with Crippen molar-refractivity contribution in [2.75, 3.05) is 0 Å². The molecule has 2 atom stereocenters. The van der Waals surface area contributed by atoms with Crippen LogP contribution in [0.3, 0.4) is 0 Å². The molecule has 2 aliphatic carbocycles. The Morgan fingerprint density at radius 1 is 0.952 bits per heavy atom. The summed E-state index contributed by atoms with van der Waals surface area (Å²) in [5.74, 6) is 2.74. The van der Waals surface area contributed by atoms with Crippen molar-refractivity contribution in [1.82, 2.24) is 0 Å². The third kappa shape index (κ3) is 5.30. The van der Waals surface area contributed by atoms with Crippen LogP contribution in [0.15, 0.2) is 0 Å². The lowest BCUT2D eigenvalue weighted by Crippen LogP contribution is -2.31. The van der Waals surface area contributed by atoms with Crippen molar-refractivity contribution in [3.05, 3.63) is 0 Å². The molecule has 0 radical (unpaired) electrons. The van der Waals surface area contributed by atoms with Gasteiger partial charge < -0.3 is 4.74 Å². The van der Waals surface area contributed by atoms with Crippen LogP contribution in [0.25, 0.3) is 0 Å². The summed E-state index contributed by atoms with van der Waals surface area (Å²) in [4.78, 5) is 11.7. The maximum Gasteiger partial charge on any atom is 0.306 e. The second-order valence-corrected chi connectivity index (χ2v) is 7.36. The van der Waals surface area contributed by atoms with Gasteiger partial charge in [0.1, 0.15) is 6.10 Å². The fourth-order valence-corrected chi connectivity index (χ4v) is 4.52. The van der Waals surface area contributed by atoms with Crippen LogP contribution in [0.2, 0.25) is 0 Å². The molecule has 0 saturated heterocycles. The predicted octanol–water partition coefficient (Wildman–Crippen LogP) is 5.50. The summed E-state index contributed by atoms with van der Waals surface area (Å²) in [5.41, 5.74) is 0. The molecule has 2 fully saturated rings. The Hall–Kier alpha value is -0.530. The van der Waals surface area contributed by atoms with Crippen LogP contribution in [-0.2, 0) is 9.53 Å². The second kappa shape index (κ2) is 8.80. The normalized spacial score (nSPS) is 33.6. The molecule has 0 heterocycles. The average molecular weight is 294 g/mol. The first-order valence-electron chi connectivity index (χ1n) is 9.42. The molecule has 0 N–H and O–H groups in total. The average Bonchev–Trinajstić information content (AvgIpc) is 2.49. The highest BCUT2D eigenvalue weighted by atomic mass is 16.5. The van der Waals surface area contributed by atoms with Gasteiger partial charge in [0.2, 0.25) is 0 Å². The molecule has 0 aromatic heterocycles. The standard InChI is InChI=1S/C19H34O2/c1-3-6-15-10-12-16(13-11-15)17-8-5-9-18(14-17)21-19(20)7-4-2/h15-18H,3-14H2,1-2H3. The molecule has 0 aliphatic heterocycles. The van der Waals surface area contributed by atoms with E-state index < -0.39 is 0 Å². The number of ether oxygens (including phenoxy) is 1. The quantitative estimate of drug-likeness (QED) is 0.605. The van der Waals surface area contributed by atoms with Crippen molar-refractivity contribution in [3.63, 3.8) is 0 Å². The maximum absolute atomic E-state index is 11.7. The van der Waals surface area contributed by atoms with Crippen LogP contribution < -0.4 is 0 Å². The molecule has 2 aliphatic rings. The summed E-state index contributed by atoms with van der Waals surface area (Å²) >= 11 is 0. The Morgan fingerprint density at radius 3 is 2.38 bits per heavy atom. The molecule has 0 aromatic rings. The lowest BCUT2D eigenvalue weighted by atomic mass is 9.70. The minimum absolute atomic E-state index is 0.0230. The fraction of sp³-hybridized carbons (Fsp3) is 0.947. The summed E-state index contributed by atoms with van der Waals surface area (Å²) in [6, 6.07) is 0. The lowest BCUT2D eigenvalue weighted by molar-refractivity contribution is -0.151. The molecule has 0 bridgehead atoms. The maximum atomic E-state index is 11.7. The monoisotopic (exact) mass is 294 g/mol. The zero-order valence-corrected chi connectivity index (χ0v) is 14.1. The zero-order chi connectivity index (χ0) is 15.1. The van der Waals surface area contributed by atoms with Gasteiger partial charge in [0.15, 0.2) is 0 Å². The molecule has 0 spiro atoms. The molecule has 2 rings (SSSR count). The molecular weight excluding hydrogens is 260 g/mol. The van der Waals surface area contributed by atoms with Crippen molar-refractivity contribution in [3.8, 4) is 0 Å². The smallest absolute Gasteiger partial charge is 0.306 e. The van der Waals surface area contributed by atoms with E-state index in [0.717, 1.165) is 37.0 Å². The summed E-state index contributed by atoms with van der Waals surface area (Å²) in [6.45, 7) is 4.35. The molecule has 2 nitrogen and oxygen atoms in total. The highest BCUT2D eigenvalue weighted by molar-refractivity contribution is 5.69. The fourth-order valence-electron chi connectivity index (χ4n) is 4.52. The van der Waals surface area contributed by atoms with E-state index in [2.05, 4.69) is 6.92 Å². The molecule has 2 heteroatoms. The van der Waals surface area contributed by atoms with E-state index in [4.69, 9.17) is 4.74 Å². The minimum atomic E-state index is 0.0230. The van der Waals surface area contributed by atoms with E-state index >= 15 is 0 Å². The third-order valence-electron chi connectivity index (χ3n) is 5.67. The summed E-state index contributed by atoms with van der Waals surface area (Å²) in [5, 5.41) is 0. The molecule has 2 unspecified atom stereocenters. The van der Waals surface area contributed by atoms with E-state index in [1.54, 1.807) is 0 Å². The number of hydrogen-bond acceptors (Lipinski definition) is 2. The van der Waals surface area contributed by atoms with E-state index in [1.165, 1.54) is 51.4 Å². The van der Waals surface area contributed by atoms with Crippen LogP contribution in [0.1, 0.15) is 90.9 Å². The molecule has 0 amide bonds. The van der Waals surface area contributed by atoms with Crippen molar-refractivity contribution >= 4 is 5.97 Å². The first-order valence-corrected chi connectivity index (χ1v) is 9.42. The number of carbonyl (C=O) groups is 1. The molecule has 122 valence electrons. The minimum Gasteiger partial charge on any atom is -0.462 e. The Morgan fingerprint density at radius 2 is 1.71 bits per heavy atom. The van der Waals surface area contributed by atoms with Gasteiger partial charge in [-0.3, -0.25) is 4.79 Å². The van der Waals surface area contributed by atoms with Gasteiger partial charge >= 0.3 is 5.97 Å². The Labute approximate surface area is 131 Å². The number of carbonyl (C=O) groups excluding carboxylic acids is 1. The number of esters is 1. The van der Waals surface area contributed by atoms with Gasteiger partial charge in [-0.05, 0) is 62.7 Å². The number of hydrogen-bond donors (Lipinski definition) is 0. The summed E-state index contributed by atoms with van der Waals surface area (Å²) < 4.78 is 5.67. The molecule has 21 heavy (non-hydrogen) atoms. The summed E-state index contributed by atoms with van der Waals surface area (Å²) in [6.07, 6.45) is 15.0. The van der Waals surface area contributed by atoms with Gasteiger partial charge in [-0.25, -0.2) is 0 Å². The van der Waals surface area contributed by atoms with Gasteiger partial charge in [0, 0.05) is 6.42 Å². The van der Waals surface area contributed by atoms with Gasteiger partial charge in [0.05, 0.1) is 0 Å². The van der Waals surface area contributed by atoms with Crippen LogP contribution in [0, 0.1) is 17.8 Å². The van der Waals surface area contributed by atoms with E-state index in [0.29, 0.717) is 6.42 Å². The van der Waals surface area contributed by atoms with Crippen LogP contribution in [-0.4, -0.2) is 12.1 Å². The Bertz CT molecular complexity index is 305. The molecule has 0 aromatic carbocycles. The van der Waals surface area contributed by atoms with Gasteiger partial charge in [-0.1, -0.05) is 39.5 Å². The Kier molecular flexibility index (Phi) is 7.06. The number of rotatable bonds is 6. The van der Waals surface area contributed by atoms with Crippen LogP contribution >= 0.6 is 0 Å². The molecule has 2 saturated carbocycles. The van der Waals surface area contributed by atoms with E-state index in [1.807, 2.05) is 6.92 Å². The van der Waals surface area contributed by atoms with Gasteiger partial charge in [-0.15, -0.1) is 0 Å². The summed E-state index contributed by atoms with van der Waals surface area (Å²) in [7, 11) is 0. The van der Waals surface area contributed by atoms with E-state index in [-0.39, 0.29) is 12.1 Å². The van der Waals surface area contributed by atoms with Crippen molar-refractivity contribution in [2.24, 2.45) is 17.8 Å². The molecular formula is C19H34O2. The van der Waals surface area contributed by atoms with Crippen molar-refractivity contribution in [2.45, 2.75) is 97.0 Å². The Balaban J connectivity index is 1.75. The van der Waals surface area contributed by atoms with Crippen molar-refractivity contribution < 1.29 is 9.53 Å². The topological polar surface area (TPSA) is 26.3 Å². The first kappa shape index (κ1) is 16.8. The van der Waals surface area contributed by atoms with Crippen LogP contribution in [0.4, 0.5) is 0 Å².